The first kappa shape index (κ1) is 18.2. The van der Waals surface area contributed by atoms with Crippen LogP contribution in [0.5, 0.6) is 0 Å². The average molecular weight is 383 g/mol. The van der Waals surface area contributed by atoms with Crippen LogP contribution in [0.1, 0.15) is 33.5 Å². The Balaban J connectivity index is 1.60. The van der Waals surface area contributed by atoms with E-state index in [0.717, 1.165) is 48.3 Å². The van der Waals surface area contributed by atoms with Gasteiger partial charge in [0, 0.05) is 11.8 Å². The molecule has 0 bridgehead atoms. The number of hydrogen-bond donors (Lipinski definition) is 1. The van der Waals surface area contributed by atoms with Crippen molar-refractivity contribution in [1.29, 1.82) is 0 Å². The largest absolute Gasteiger partial charge is 0.306 e. The maximum atomic E-state index is 14.6. The number of nitrogens with one attached hydrogen (secondary N) is 1. The standard InChI is InChI=1S/C21H16F3N3O/c1-11-15(7-12-3-2-4-14(12)20(11)24)13-5-6-18(26-8-13)27-21(28)19-16(22)9-25-10-17(19)23/h5-10H,2-4H2,1H3,(H,26,27,28). The first-order chi connectivity index (χ1) is 13.5. The number of hydrogen-bond acceptors (Lipinski definition) is 3. The van der Waals surface area contributed by atoms with Crippen LogP contribution in [0, 0.1) is 24.4 Å². The molecule has 0 atom stereocenters. The SMILES string of the molecule is Cc1c(-c2ccc(NC(=O)c3c(F)cncc3F)nc2)cc2c(c1F)CCC2. The van der Waals surface area contributed by atoms with E-state index >= 15 is 0 Å². The van der Waals surface area contributed by atoms with Gasteiger partial charge in [0.25, 0.3) is 5.91 Å². The van der Waals surface area contributed by atoms with Crippen molar-refractivity contribution in [3.63, 3.8) is 0 Å². The monoisotopic (exact) mass is 383 g/mol. The molecule has 0 radical (unpaired) electrons. The fourth-order valence-corrected chi connectivity index (χ4v) is 3.54. The maximum absolute atomic E-state index is 14.6. The minimum Gasteiger partial charge on any atom is -0.306 e. The number of fused-ring (bicyclic) bond motifs is 1. The van der Waals surface area contributed by atoms with Gasteiger partial charge in [-0.3, -0.25) is 9.78 Å². The summed E-state index contributed by atoms with van der Waals surface area (Å²) in [6, 6.07) is 5.18. The van der Waals surface area contributed by atoms with Crippen LogP contribution in [-0.2, 0) is 12.8 Å². The van der Waals surface area contributed by atoms with Crippen LogP contribution in [0.2, 0.25) is 0 Å². The molecule has 2 aromatic heterocycles. The van der Waals surface area contributed by atoms with Crippen LogP contribution in [0.25, 0.3) is 11.1 Å². The Kier molecular flexibility index (Phi) is 4.58. The molecule has 1 aliphatic rings. The summed E-state index contributed by atoms with van der Waals surface area (Å²) in [5, 5.41) is 2.35. The molecule has 1 aromatic carbocycles. The second-order valence-corrected chi connectivity index (χ2v) is 6.72. The van der Waals surface area contributed by atoms with Gasteiger partial charge >= 0.3 is 0 Å². The Bertz CT molecular complexity index is 1060. The molecule has 4 nitrogen and oxygen atoms in total. The van der Waals surface area contributed by atoms with Gasteiger partial charge in [-0.15, -0.1) is 0 Å². The van der Waals surface area contributed by atoms with Crippen LogP contribution in [0.4, 0.5) is 19.0 Å². The molecule has 7 heteroatoms. The van der Waals surface area contributed by atoms with Gasteiger partial charge in [-0.2, -0.15) is 0 Å². The van der Waals surface area contributed by atoms with Gasteiger partial charge in [0.1, 0.15) is 17.2 Å². The smallest absolute Gasteiger partial charge is 0.262 e. The lowest BCUT2D eigenvalue weighted by Crippen LogP contribution is -2.17. The van der Waals surface area contributed by atoms with Crippen LogP contribution < -0.4 is 5.32 Å². The Morgan fingerprint density at radius 2 is 1.82 bits per heavy atom. The molecule has 0 aliphatic heterocycles. The van der Waals surface area contributed by atoms with Crippen LogP contribution in [-0.4, -0.2) is 15.9 Å². The number of nitrogens with zero attached hydrogens (tertiary/aromatic N) is 2. The van der Waals surface area contributed by atoms with E-state index in [1.807, 2.05) is 6.07 Å². The zero-order valence-corrected chi connectivity index (χ0v) is 15.0. The highest BCUT2D eigenvalue weighted by Gasteiger charge is 2.21. The van der Waals surface area contributed by atoms with Gasteiger partial charge in [0.05, 0.1) is 12.4 Å². The zero-order chi connectivity index (χ0) is 19.8. The summed E-state index contributed by atoms with van der Waals surface area (Å²) in [5.74, 6) is -3.12. The molecular weight excluding hydrogens is 367 g/mol. The van der Waals surface area contributed by atoms with Crippen molar-refractivity contribution in [2.45, 2.75) is 26.2 Å². The van der Waals surface area contributed by atoms with E-state index in [1.54, 1.807) is 13.0 Å². The second-order valence-electron chi connectivity index (χ2n) is 6.72. The van der Waals surface area contributed by atoms with Crippen molar-refractivity contribution >= 4 is 11.7 Å². The number of benzene rings is 1. The third kappa shape index (κ3) is 3.13. The van der Waals surface area contributed by atoms with E-state index in [1.165, 1.54) is 12.3 Å². The highest BCUT2D eigenvalue weighted by molar-refractivity contribution is 6.04. The van der Waals surface area contributed by atoms with E-state index in [-0.39, 0.29) is 11.6 Å². The number of amides is 1. The minimum atomic E-state index is -1.06. The Morgan fingerprint density at radius 3 is 2.50 bits per heavy atom. The number of aryl methyl sites for hydroxylation is 1. The van der Waals surface area contributed by atoms with Gasteiger partial charge in [0.15, 0.2) is 11.6 Å². The number of aromatic nitrogens is 2. The average Bonchev–Trinajstić information content (AvgIpc) is 3.14. The predicted molar refractivity (Wildman–Crippen MR) is 98.5 cm³/mol. The summed E-state index contributed by atoms with van der Waals surface area (Å²) in [5.41, 5.74) is 3.08. The summed E-state index contributed by atoms with van der Waals surface area (Å²) in [6.45, 7) is 1.73. The number of halogens is 3. The molecule has 0 saturated carbocycles. The van der Waals surface area contributed by atoms with Crippen molar-refractivity contribution in [2.24, 2.45) is 0 Å². The normalized spacial score (nSPS) is 12.7. The molecule has 0 saturated heterocycles. The second kappa shape index (κ2) is 7.07. The van der Waals surface area contributed by atoms with Crippen LogP contribution in [0.15, 0.2) is 36.8 Å². The Morgan fingerprint density at radius 1 is 1.07 bits per heavy atom. The molecule has 0 spiro atoms. The summed E-state index contributed by atoms with van der Waals surface area (Å²) < 4.78 is 41.9. The first-order valence-electron chi connectivity index (χ1n) is 8.83. The van der Waals surface area contributed by atoms with Gasteiger partial charge in [-0.1, -0.05) is 6.07 Å². The highest BCUT2D eigenvalue weighted by atomic mass is 19.1. The molecule has 1 amide bonds. The van der Waals surface area contributed by atoms with Crippen molar-refractivity contribution in [3.05, 3.63) is 76.5 Å². The molecule has 0 unspecified atom stereocenters. The molecule has 1 aliphatic carbocycles. The number of carbonyl (C=O) groups is 1. The Labute approximate surface area is 159 Å². The Hall–Kier alpha value is -3.22. The number of pyridine rings is 2. The lowest BCUT2D eigenvalue weighted by atomic mass is 9.96. The quantitative estimate of drug-likeness (QED) is 0.719. The zero-order valence-electron chi connectivity index (χ0n) is 15.0. The van der Waals surface area contributed by atoms with Crippen LogP contribution >= 0.6 is 0 Å². The van der Waals surface area contributed by atoms with Crippen molar-refractivity contribution < 1.29 is 18.0 Å². The minimum absolute atomic E-state index is 0.128. The molecule has 142 valence electrons. The maximum Gasteiger partial charge on any atom is 0.262 e. The fourth-order valence-electron chi connectivity index (χ4n) is 3.54. The molecule has 1 N–H and O–H groups in total. The third-order valence-corrected chi connectivity index (χ3v) is 4.97. The lowest BCUT2D eigenvalue weighted by Gasteiger charge is -2.12. The summed E-state index contributed by atoms with van der Waals surface area (Å²) >= 11 is 0. The van der Waals surface area contributed by atoms with E-state index < -0.39 is 23.1 Å². The highest BCUT2D eigenvalue weighted by Crippen LogP contribution is 2.34. The van der Waals surface area contributed by atoms with Gasteiger partial charge < -0.3 is 5.32 Å². The van der Waals surface area contributed by atoms with Gasteiger partial charge in [-0.05, 0) is 60.6 Å². The number of carbonyl (C=O) groups excluding carboxylic acids is 1. The van der Waals surface area contributed by atoms with Crippen molar-refractivity contribution in [3.8, 4) is 11.1 Å². The van der Waals surface area contributed by atoms with E-state index in [2.05, 4.69) is 15.3 Å². The summed E-state index contributed by atoms with van der Waals surface area (Å²) in [4.78, 5) is 19.6. The van der Waals surface area contributed by atoms with Crippen molar-refractivity contribution in [1.82, 2.24) is 9.97 Å². The van der Waals surface area contributed by atoms with E-state index in [9.17, 15) is 18.0 Å². The molecular formula is C21H16F3N3O. The first-order valence-corrected chi connectivity index (χ1v) is 8.83. The fraction of sp³-hybridized carbons (Fsp3) is 0.190. The van der Waals surface area contributed by atoms with Gasteiger partial charge in [0.2, 0.25) is 0 Å². The van der Waals surface area contributed by atoms with Crippen molar-refractivity contribution in [2.75, 3.05) is 5.32 Å². The summed E-state index contributed by atoms with van der Waals surface area (Å²) in [6.07, 6.45) is 5.58. The summed E-state index contributed by atoms with van der Waals surface area (Å²) in [7, 11) is 0. The molecule has 3 aromatic rings. The number of rotatable bonds is 3. The van der Waals surface area contributed by atoms with Crippen LogP contribution in [0.3, 0.4) is 0 Å². The lowest BCUT2D eigenvalue weighted by molar-refractivity contribution is 0.101. The molecule has 28 heavy (non-hydrogen) atoms. The van der Waals surface area contributed by atoms with E-state index in [0.29, 0.717) is 11.1 Å². The molecule has 4 rings (SSSR count). The number of anilines is 1. The topological polar surface area (TPSA) is 54.9 Å². The van der Waals surface area contributed by atoms with Gasteiger partial charge in [-0.25, -0.2) is 18.2 Å². The van der Waals surface area contributed by atoms with E-state index in [4.69, 9.17) is 0 Å². The third-order valence-electron chi connectivity index (χ3n) is 4.97. The predicted octanol–water partition coefficient (Wildman–Crippen LogP) is 4.61. The molecule has 0 fully saturated rings. The molecule has 2 heterocycles.